The molecule has 2 aromatic heterocycles. The van der Waals surface area contributed by atoms with E-state index in [2.05, 4.69) is 19.7 Å². The summed E-state index contributed by atoms with van der Waals surface area (Å²) in [5.74, 6) is -0.422. The second kappa shape index (κ2) is 7.95. The van der Waals surface area contributed by atoms with Gasteiger partial charge in [-0.1, -0.05) is 0 Å². The highest BCUT2D eigenvalue weighted by Crippen LogP contribution is 2.25. The van der Waals surface area contributed by atoms with Gasteiger partial charge in [0.1, 0.15) is 12.2 Å². The van der Waals surface area contributed by atoms with E-state index in [4.69, 9.17) is 14.2 Å². The second-order valence-corrected chi connectivity index (χ2v) is 6.89. The van der Waals surface area contributed by atoms with Gasteiger partial charge in [-0.25, -0.2) is 18.2 Å². The van der Waals surface area contributed by atoms with Crippen molar-refractivity contribution < 1.29 is 32.2 Å². The first-order chi connectivity index (χ1) is 12.3. The van der Waals surface area contributed by atoms with Gasteiger partial charge in [-0.3, -0.25) is 0 Å². The average Bonchev–Trinajstić information content (AvgIpc) is 2.64. The van der Waals surface area contributed by atoms with Crippen molar-refractivity contribution in [3.8, 4) is 17.6 Å². The van der Waals surface area contributed by atoms with E-state index in [9.17, 15) is 13.2 Å². The van der Waals surface area contributed by atoms with Crippen LogP contribution in [0.15, 0.2) is 23.2 Å². The molecule has 0 spiro atoms. The number of pyridine rings is 1. The molecule has 0 aliphatic carbocycles. The Hall–Kier alpha value is -2.95. The van der Waals surface area contributed by atoms with Crippen LogP contribution in [0.4, 0.5) is 0 Å². The molecule has 0 bridgehead atoms. The summed E-state index contributed by atoms with van der Waals surface area (Å²) in [5.41, 5.74) is -0.299. The molecule has 0 aliphatic rings. The summed E-state index contributed by atoms with van der Waals surface area (Å²) in [6.07, 6.45) is 2.18. The number of nitrogens with zero attached hydrogens (tertiary/aromatic N) is 3. The Balaban J connectivity index is 2.40. The van der Waals surface area contributed by atoms with Crippen LogP contribution < -0.4 is 14.2 Å². The predicted molar refractivity (Wildman–Crippen MR) is 88.2 cm³/mol. The fourth-order valence-corrected chi connectivity index (χ4v) is 2.84. The predicted octanol–water partition coefficient (Wildman–Crippen LogP) is 0.658. The third kappa shape index (κ3) is 4.36. The van der Waals surface area contributed by atoms with Gasteiger partial charge in [-0.05, 0) is 6.07 Å². The average molecular weight is 383 g/mol. The third-order valence-corrected chi connectivity index (χ3v) is 4.29. The number of rotatable bonds is 7. The minimum atomic E-state index is -3.71. The van der Waals surface area contributed by atoms with Crippen LogP contribution in [0.3, 0.4) is 0 Å². The first-order valence-corrected chi connectivity index (χ1v) is 9.05. The first-order valence-electron chi connectivity index (χ1n) is 7.16. The topological polar surface area (TPSA) is 127 Å². The lowest BCUT2D eigenvalue weighted by molar-refractivity contribution is 0.0589. The molecule has 2 aromatic rings. The zero-order valence-corrected chi connectivity index (χ0v) is 15.4. The van der Waals surface area contributed by atoms with Gasteiger partial charge in [0, 0.05) is 12.5 Å². The number of esters is 1. The van der Waals surface area contributed by atoms with Crippen molar-refractivity contribution in [2.75, 3.05) is 27.6 Å². The number of sulfone groups is 1. The van der Waals surface area contributed by atoms with Crippen LogP contribution in [0.5, 0.6) is 17.6 Å². The number of hydrogen-bond acceptors (Lipinski definition) is 10. The summed E-state index contributed by atoms with van der Waals surface area (Å²) < 4.78 is 44.0. The number of carbonyl (C=O) groups is 1. The molecule has 0 saturated carbocycles. The number of hydrogen-bond donors (Lipinski definition) is 0. The van der Waals surface area contributed by atoms with E-state index in [1.807, 2.05) is 0 Å². The SMILES string of the molecule is COC(=O)c1c(S(C)(=O)=O)ccnc1OCc1nc(OC)cc(OC)n1. The minimum absolute atomic E-state index is 0.184. The van der Waals surface area contributed by atoms with Crippen molar-refractivity contribution in [1.82, 2.24) is 15.0 Å². The molecular weight excluding hydrogens is 366 g/mol. The van der Waals surface area contributed by atoms with E-state index in [0.717, 1.165) is 13.4 Å². The highest BCUT2D eigenvalue weighted by Gasteiger charge is 2.25. The fourth-order valence-electron chi connectivity index (χ4n) is 1.99. The molecule has 2 heterocycles. The van der Waals surface area contributed by atoms with Crippen molar-refractivity contribution in [2.45, 2.75) is 11.5 Å². The molecular formula is C15H17N3O7S. The Labute approximate surface area is 150 Å². The molecule has 0 radical (unpaired) electrons. The maximum absolute atomic E-state index is 12.0. The van der Waals surface area contributed by atoms with Gasteiger partial charge in [0.05, 0.1) is 32.3 Å². The van der Waals surface area contributed by atoms with Crippen LogP contribution in [-0.4, -0.2) is 56.9 Å². The monoisotopic (exact) mass is 383 g/mol. The van der Waals surface area contributed by atoms with Gasteiger partial charge >= 0.3 is 5.97 Å². The van der Waals surface area contributed by atoms with Crippen molar-refractivity contribution in [3.63, 3.8) is 0 Å². The Morgan fingerprint density at radius 1 is 1.12 bits per heavy atom. The number of ether oxygens (including phenoxy) is 4. The molecule has 0 saturated heterocycles. The molecule has 11 heteroatoms. The van der Waals surface area contributed by atoms with Crippen LogP contribution in [-0.2, 0) is 21.2 Å². The highest BCUT2D eigenvalue weighted by atomic mass is 32.2. The van der Waals surface area contributed by atoms with Gasteiger partial charge in [-0.2, -0.15) is 9.97 Å². The van der Waals surface area contributed by atoms with Gasteiger partial charge in [0.25, 0.3) is 0 Å². The lowest BCUT2D eigenvalue weighted by atomic mass is 10.2. The molecule has 26 heavy (non-hydrogen) atoms. The molecule has 0 aliphatic heterocycles. The van der Waals surface area contributed by atoms with Crippen LogP contribution >= 0.6 is 0 Å². The molecule has 0 aromatic carbocycles. The highest BCUT2D eigenvalue weighted by molar-refractivity contribution is 7.90. The Kier molecular flexibility index (Phi) is 5.93. The number of methoxy groups -OCH3 is 3. The van der Waals surface area contributed by atoms with Crippen LogP contribution in [0.1, 0.15) is 16.2 Å². The maximum Gasteiger partial charge on any atom is 0.344 e. The van der Waals surface area contributed by atoms with E-state index in [1.165, 1.54) is 32.5 Å². The van der Waals surface area contributed by atoms with Crippen LogP contribution in [0.25, 0.3) is 0 Å². The Morgan fingerprint density at radius 3 is 2.23 bits per heavy atom. The van der Waals surface area contributed by atoms with Crippen LogP contribution in [0.2, 0.25) is 0 Å². The van der Waals surface area contributed by atoms with E-state index in [1.54, 1.807) is 0 Å². The lowest BCUT2D eigenvalue weighted by Crippen LogP contribution is -2.14. The smallest absolute Gasteiger partial charge is 0.344 e. The molecule has 0 unspecified atom stereocenters. The van der Waals surface area contributed by atoms with Gasteiger partial charge in [-0.15, -0.1) is 0 Å². The summed E-state index contributed by atoms with van der Waals surface area (Å²) >= 11 is 0. The molecule has 0 fully saturated rings. The van der Waals surface area contributed by atoms with Crippen molar-refractivity contribution in [1.29, 1.82) is 0 Å². The largest absolute Gasteiger partial charge is 0.481 e. The van der Waals surface area contributed by atoms with Gasteiger partial charge in [0.15, 0.2) is 15.7 Å². The molecule has 0 N–H and O–H groups in total. The number of aromatic nitrogens is 3. The zero-order chi connectivity index (χ0) is 19.3. The third-order valence-electron chi connectivity index (χ3n) is 3.15. The summed E-state index contributed by atoms with van der Waals surface area (Å²) in [7, 11) is 0.278. The summed E-state index contributed by atoms with van der Waals surface area (Å²) in [6, 6.07) is 2.67. The molecule has 140 valence electrons. The normalized spacial score (nSPS) is 10.9. The quantitative estimate of drug-likeness (QED) is 0.629. The first kappa shape index (κ1) is 19.4. The van der Waals surface area contributed by atoms with Crippen LogP contribution in [0, 0.1) is 0 Å². The van der Waals surface area contributed by atoms with E-state index in [0.29, 0.717) is 0 Å². The standard InChI is InChI=1S/C15H17N3O7S/c1-22-11-7-12(23-2)18-10(17-11)8-25-14-13(15(19)24-3)9(5-6-16-14)26(4,20)21/h5-7H,8H2,1-4H3. The molecule has 0 amide bonds. The fraction of sp³-hybridized carbons (Fsp3) is 0.333. The van der Waals surface area contributed by atoms with E-state index >= 15 is 0 Å². The maximum atomic E-state index is 12.0. The van der Waals surface area contributed by atoms with Crippen molar-refractivity contribution in [3.05, 3.63) is 29.7 Å². The van der Waals surface area contributed by atoms with Gasteiger partial charge in [0.2, 0.25) is 17.6 Å². The number of carbonyl (C=O) groups excluding carboxylic acids is 1. The second-order valence-electron chi connectivity index (χ2n) is 4.91. The van der Waals surface area contributed by atoms with E-state index in [-0.39, 0.29) is 40.5 Å². The summed E-state index contributed by atoms with van der Waals surface area (Å²) in [5, 5.41) is 0. The molecule has 0 atom stereocenters. The lowest BCUT2D eigenvalue weighted by Gasteiger charge is -2.12. The Morgan fingerprint density at radius 2 is 1.73 bits per heavy atom. The Bertz CT molecular complexity index is 893. The van der Waals surface area contributed by atoms with E-state index < -0.39 is 15.8 Å². The molecule has 10 nitrogen and oxygen atoms in total. The summed E-state index contributed by atoms with van der Waals surface area (Å²) in [4.78, 5) is 23.9. The molecule has 2 rings (SSSR count). The summed E-state index contributed by atoms with van der Waals surface area (Å²) in [6.45, 7) is -0.211. The minimum Gasteiger partial charge on any atom is -0.481 e. The van der Waals surface area contributed by atoms with Gasteiger partial charge < -0.3 is 18.9 Å². The van der Waals surface area contributed by atoms with Crippen molar-refractivity contribution >= 4 is 15.8 Å². The zero-order valence-electron chi connectivity index (χ0n) is 14.5. The van der Waals surface area contributed by atoms with Crippen molar-refractivity contribution in [2.24, 2.45) is 0 Å².